The van der Waals surface area contributed by atoms with Gasteiger partial charge in [-0.25, -0.2) is 17.2 Å². The molecule has 26 heavy (non-hydrogen) atoms. The summed E-state index contributed by atoms with van der Waals surface area (Å²) >= 11 is 0.462. The van der Waals surface area contributed by atoms with E-state index in [-0.39, 0.29) is 12.8 Å². The number of nitrogens with zero attached hydrogens (tertiary/aromatic N) is 2. The second kappa shape index (κ2) is 7.94. The molecule has 1 aliphatic rings. The number of sulfonamides is 1. The maximum absolute atomic E-state index is 13.8. The summed E-state index contributed by atoms with van der Waals surface area (Å²) in [5, 5.41) is 9.56. The third-order valence-corrected chi connectivity index (χ3v) is 6.82. The number of hydrogen-bond acceptors (Lipinski definition) is 7. The first kappa shape index (κ1) is 20.7. The van der Waals surface area contributed by atoms with Crippen LogP contribution in [0.2, 0.25) is 0 Å². The van der Waals surface area contributed by atoms with Gasteiger partial charge in [0.15, 0.2) is 0 Å². The summed E-state index contributed by atoms with van der Waals surface area (Å²) in [4.78, 5) is 23.6. The molecule has 0 aromatic heterocycles. The fourth-order valence-electron chi connectivity index (χ4n) is 2.80. The summed E-state index contributed by atoms with van der Waals surface area (Å²) in [5.41, 5.74) is 0. The molecular formula is C14H17F2N3O5S2. The number of carboxylic acids is 1. The Morgan fingerprint density at radius 3 is 2.50 bits per heavy atom. The maximum Gasteiger partial charge on any atom is 0.323 e. The summed E-state index contributed by atoms with van der Waals surface area (Å²) in [7, 11) is -2.81. The van der Waals surface area contributed by atoms with Gasteiger partial charge < -0.3 is 10.0 Å². The van der Waals surface area contributed by atoms with E-state index in [2.05, 4.69) is 4.58 Å². The zero-order valence-corrected chi connectivity index (χ0v) is 15.3. The van der Waals surface area contributed by atoms with E-state index in [4.69, 9.17) is 0 Å². The Bertz CT molecular complexity index is 798. The normalized spacial score (nSPS) is 19.0. The van der Waals surface area contributed by atoms with Crippen molar-refractivity contribution >= 4 is 27.9 Å². The van der Waals surface area contributed by atoms with Crippen LogP contribution in [-0.4, -0.2) is 55.3 Å². The van der Waals surface area contributed by atoms with Crippen LogP contribution in [0, 0.1) is 16.5 Å². The molecule has 12 heteroatoms. The number of carboxylic acid groups (broad SMARTS) is 1. The Labute approximate surface area is 153 Å². The minimum Gasteiger partial charge on any atom is -0.480 e. The monoisotopic (exact) mass is 409 g/mol. The van der Waals surface area contributed by atoms with Crippen LogP contribution in [-0.2, 0) is 14.8 Å². The van der Waals surface area contributed by atoms with Crippen molar-refractivity contribution in [1.82, 2.24) is 9.62 Å². The van der Waals surface area contributed by atoms with Crippen molar-refractivity contribution in [3.05, 3.63) is 34.7 Å². The van der Waals surface area contributed by atoms with Gasteiger partial charge in [0.1, 0.15) is 22.6 Å². The van der Waals surface area contributed by atoms with Crippen molar-refractivity contribution in [2.45, 2.75) is 28.5 Å². The Morgan fingerprint density at radius 2 is 2.00 bits per heavy atom. The Balaban J connectivity index is 2.40. The van der Waals surface area contributed by atoms with Crippen LogP contribution in [0.4, 0.5) is 8.78 Å². The van der Waals surface area contributed by atoms with Crippen molar-refractivity contribution < 1.29 is 27.1 Å². The molecule has 0 bridgehead atoms. The molecule has 1 aromatic rings. The molecule has 2 N–H and O–H groups in total. The first-order valence-corrected chi connectivity index (χ1v) is 9.76. The van der Waals surface area contributed by atoms with Gasteiger partial charge in [0, 0.05) is 22.6 Å². The fraction of sp³-hybridized carbons (Fsp3) is 0.500. The standard InChI is InChI=1S/C14H17F2N3O5S2/c1-19-6-4-14(5-7-19,25-18-22)12(13(20)21)17-26(23,24)11-3-2-9(15)8-10(11)16/h2-3,8,12,17H,4-7H2,1H3,(H,20,21). The highest BCUT2D eigenvalue weighted by atomic mass is 32.2. The van der Waals surface area contributed by atoms with Crippen molar-refractivity contribution in [3.8, 4) is 0 Å². The van der Waals surface area contributed by atoms with Gasteiger partial charge in [-0.05, 0) is 45.1 Å². The van der Waals surface area contributed by atoms with E-state index in [1.807, 2.05) is 9.62 Å². The van der Waals surface area contributed by atoms with Gasteiger partial charge in [-0.2, -0.15) is 4.72 Å². The first-order valence-electron chi connectivity index (χ1n) is 7.51. The first-order chi connectivity index (χ1) is 12.1. The third-order valence-electron chi connectivity index (χ3n) is 4.28. The molecule has 1 atom stereocenters. The summed E-state index contributed by atoms with van der Waals surface area (Å²) < 4.78 is 55.1. The van der Waals surface area contributed by atoms with Crippen LogP contribution in [0.1, 0.15) is 12.8 Å². The number of halogens is 2. The minimum absolute atomic E-state index is 0.186. The number of benzene rings is 1. The topological polar surface area (TPSA) is 116 Å². The second-order valence-corrected chi connectivity index (χ2v) is 8.83. The van der Waals surface area contributed by atoms with Crippen LogP contribution in [0.5, 0.6) is 0 Å². The molecule has 2 rings (SSSR count). The maximum atomic E-state index is 13.8. The number of likely N-dealkylation sites (tertiary alicyclic amines) is 1. The van der Waals surface area contributed by atoms with Gasteiger partial charge in [0.2, 0.25) is 10.0 Å². The molecule has 0 spiro atoms. The number of rotatable bonds is 7. The molecule has 144 valence electrons. The fourth-order valence-corrected chi connectivity index (χ4v) is 4.98. The summed E-state index contributed by atoms with van der Waals surface area (Å²) in [6, 6.07) is 0.129. The number of piperidine rings is 1. The summed E-state index contributed by atoms with van der Waals surface area (Å²) in [5.74, 6) is -3.83. The van der Waals surface area contributed by atoms with Crippen LogP contribution < -0.4 is 4.72 Å². The van der Waals surface area contributed by atoms with Gasteiger partial charge in [0.05, 0.1) is 4.75 Å². The van der Waals surface area contributed by atoms with E-state index in [1.165, 1.54) is 0 Å². The molecule has 1 saturated heterocycles. The molecular weight excluding hydrogens is 392 g/mol. The molecule has 0 aliphatic carbocycles. The highest BCUT2D eigenvalue weighted by Gasteiger charge is 2.48. The molecule has 1 unspecified atom stereocenters. The van der Waals surface area contributed by atoms with Gasteiger partial charge in [-0.1, -0.05) is 0 Å². The Morgan fingerprint density at radius 1 is 1.38 bits per heavy atom. The van der Waals surface area contributed by atoms with Crippen LogP contribution in [0.3, 0.4) is 0 Å². The zero-order chi connectivity index (χ0) is 19.5. The number of nitrogens with one attached hydrogen (secondary N) is 1. The van der Waals surface area contributed by atoms with Crippen LogP contribution in [0.15, 0.2) is 27.7 Å². The lowest BCUT2D eigenvalue weighted by Gasteiger charge is -2.41. The Hall–Kier alpha value is -1.63. The number of nitroso groups, excluding NO2 is 1. The van der Waals surface area contributed by atoms with E-state index in [1.54, 1.807) is 7.05 Å². The molecule has 0 saturated carbocycles. The van der Waals surface area contributed by atoms with E-state index in [0.717, 1.165) is 6.07 Å². The average molecular weight is 409 g/mol. The third kappa shape index (κ3) is 4.37. The van der Waals surface area contributed by atoms with Crippen LogP contribution in [0.25, 0.3) is 0 Å². The number of carbonyl (C=O) groups is 1. The van der Waals surface area contributed by atoms with Crippen molar-refractivity contribution in [1.29, 1.82) is 0 Å². The SMILES string of the molecule is CN1CCC(SN=O)(C(NS(=O)(=O)c2ccc(F)cc2F)C(=O)O)CC1. The van der Waals surface area contributed by atoms with Gasteiger partial charge in [-0.3, -0.25) is 4.79 Å². The van der Waals surface area contributed by atoms with E-state index < -0.39 is 43.3 Å². The van der Waals surface area contributed by atoms with Gasteiger partial charge in [-0.15, -0.1) is 4.91 Å². The molecule has 1 aliphatic heterocycles. The quantitative estimate of drug-likeness (QED) is 0.519. The smallest absolute Gasteiger partial charge is 0.323 e. The minimum atomic E-state index is -4.61. The van der Waals surface area contributed by atoms with E-state index in [9.17, 15) is 32.0 Å². The van der Waals surface area contributed by atoms with Gasteiger partial charge >= 0.3 is 5.97 Å². The van der Waals surface area contributed by atoms with Crippen LogP contribution >= 0.6 is 11.9 Å². The predicted octanol–water partition coefficient (Wildman–Crippen LogP) is 1.58. The number of hydrogen-bond donors (Lipinski definition) is 2. The van der Waals surface area contributed by atoms with Crippen molar-refractivity contribution in [2.75, 3.05) is 20.1 Å². The zero-order valence-electron chi connectivity index (χ0n) is 13.7. The van der Waals surface area contributed by atoms with Crippen molar-refractivity contribution in [3.63, 3.8) is 0 Å². The summed E-state index contributed by atoms with van der Waals surface area (Å²) in [6.45, 7) is 0.859. The molecule has 1 fully saturated rings. The molecule has 1 heterocycles. The van der Waals surface area contributed by atoms with E-state index in [0.29, 0.717) is 37.2 Å². The molecule has 1 aromatic carbocycles. The Kier molecular flexibility index (Phi) is 6.32. The molecule has 0 radical (unpaired) electrons. The molecule has 0 amide bonds. The predicted molar refractivity (Wildman–Crippen MR) is 91.0 cm³/mol. The summed E-state index contributed by atoms with van der Waals surface area (Å²) in [6.07, 6.45) is 0.372. The lowest BCUT2D eigenvalue weighted by Crippen LogP contribution is -2.58. The second-order valence-electron chi connectivity index (χ2n) is 6.00. The highest BCUT2D eigenvalue weighted by molar-refractivity contribution is 7.99. The number of aliphatic carboxylic acids is 1. The van der Waals surface area contributed by atoms with E-state index >= 15 is 0 Å². The highest BCUT2D eigenvalue weighted by Crippen LogP contribution is 2.40. The lowest BCUT2D eigenvalue weighted by molar-refractivity contribution is -0.140. The molecule has 8 nitrogen and oxygen atoms in total. The van der Waals surface area contributed by atoms with Crippen molar-refractivity contribution in [2.24, 2.45) is 4.58 Å². The lowest BCUT2D eigenvalue weighted by atomic mass is 9.89. The van der Waals surface area contributed by atoms with Gasteiger partial charge in [0.25, 0.3) is 0 Å². The average Bonchev–Trinajstić information content (AvgIpc) is 2.55. The largest absolute Gasteiger partial charge is 0.480 e.